The Morgan fingerprint density at radius 3 is 3.24 bits per heavy atom. The number of nitro groups is 1. The van der Waals surface area contributed by atoms with Crippen molar-refractivity contribution >= 4 is 5.82 Å². The summed E-state index contributed by atoms with van der Waals surface area (Å²) in [7, 11) is 1.69. The van der Waals surface area contributed by atoms with Gasteiger partial charge in [0.05, 0.1) is 6.61 Å². The lowest BCUT2D eigenvalue weighted by atomic mass is 10.0. The molecule has 94 valence electrons. The summed E-state index contributed by atoms with van der Waals surface area (Å²) in [5, 5.41) is 14.0. The summed E-state index contributed by atoms with van der Waals surface area (Å²) >= 11 is 0. The zero-order valence-corrected chi connectivity index (χ0v) is 9.76. The molecule has 0 aliphatic carbocycles. The number of hydrogen-bond donors (Lipinski definition) is 1. The SMILES string of the molecule is Cn1cnc([N+](=O)[O-])c1OCC1CCCNC1. The molecule has 2 rings (SSSR count). The highest BCUT2D eigenvalue weighted by Gasteiger charge is 2.23. The van der Waals surface area contributed by atoms with E-state index in [1.54, 1.807) is 7.05 Å². The number of aromatic nitrogens is 2. The van der Waals surface area contributed by atoms with Crippen molar-refractivity contribution in [2.45, 2.75) is 12.8 Å². The van der Waals surface area contributed by atoms with Crippen LogP contribution in [0.15, 0.2) is 6.33 Å². The van der Waals surface area contributed by atoms with E-state index in [9.17, 15) is 10.1 Å². The summed E-state index contributed by atoms with van der Waals surface area (Å²) in [5.74, 6) is 0.440. The molecule has 2 heterocycles. The lowest BCUT2D eigenvalue weighted by molar-refractivity contribution is -0.390. The van der Waals surface area contributed by atoms with Gasteiger partial charge < -0.3 is 20.2 Å². The van der Waals surface area contributed by atoms with Crippen LogP contribution in [0.25, 0.3) is 0 Å². The molecule has 0 radical (unpaired) electrons. The molecule has 7 nitrogen and oxygen atoms in total. The van der Waals surface area contributed by atoms with Crippen molar-refractivity contribution in [1.29, 1.82) is 0 Å². The van der Waals surface area contributed by atoms with Gasteiger partial charge in [-0.1, -0.05) is 0 Å². The van der Waals surface area contributed by atoms with E-state index < -0.39 is 4.92 Å². The molecule has 0 bridgehead atoms. The second kappa shape index (κ2) is 5.13. The summed E-state index contributed by atoms with van der Waals surface area (Å²) in [5.41, 5.74) is 0. The van der Waals surface area contributed by atoms with Gasteiger partial charge in [-0.05, 0) is 29.3 Å². The van der Waals surface area contributed by atoms with Crippen molar-refractivity contribution in [2.24, 2.45) is 13.0 Å². The molecule has 1 unspecified atom stereocenters. The minimum absolute atomic E-state index is 0.212. The Bertz CT molecular complexity index is 398. The van der Waals surface area contributed by atoms with Crippen molar-refractivity contribution in [3.8, 4) is 5.88 Å². The lowest BCUT2D eigenvalue weighted by Gasteiger charge is -2.22. The first kappa shape index (κ1) is 11.8. The summed E-state index contributed by atoms with van der Waals surface area (Å²) in [4.78, 5) is 13.9. The van der Waals surface area contributed by atoms with E-state index in [0.29, 0.717) is 12.5 Å². The van der Waals surface area contributed by atoms with Crippen molar-refractivity contribution in [1.82, 2.24) is 14.9 Å². The third-order valence-electron chi connectivity index (χ3n) is 2.89. The number of ether oxygens (including phenoxy) is 1. The molecule has 1 aromatic rings. The standard InChI is InChI=1S/C10H16N4O3/c1-13-7-12-9(14(15)16)10(13)17-6-8-3-2-4-11-5-8/h7-8,11H,2-6H2,1H3. The van der Waals surface area contributed by atoms with Crippen molar-refractivity contribution in [2.75, 3.05) is 19.7 Å². The van der Waals surface area contributed by atoms with Gasteiger partial charge in [-0.3, -0.25) is 4.57 Å². The highest BCUT2D eigenvalue weighted by atomic mass is 16.6. The van der Waals surface area contributed by atoms with Crippen molar-refractivity contribution in [3.63, 3.8) is 0 Å². The normalized spacial score (nSPS) is 20.2. The minimum atomic E-state index is -0.519. The molecule has 1 aliphatic heterocycles. The Kier molecular flexibility index (Phi) is 3.58. The Balaban J connectivity index is 1.97. The first-order valence-corrected chi connectivity index (χ1v) is 5.67. The van der Waals surface area contributed by atoms with Crippen molar-refractivity contribution in [3.05, 3.63) is 16.4 Å². The molecule has 1 fully saturated rings. The van der Waals surface area contributed by atoms with Gasteiger partial charge in [0, 0.05) is 19.5 Å². The van der Waals surface area contributed by atoms with Crippen LogP contribution in [0.2, 0.25) is 0 Å². The van der Waals surface area contributed by atoms with E-state index in [1.165, 1.54) is 10.9 Å². The second-order valence-electron chi connectivity index (χ2n) is 4.26. The fraction of sp³-hybridized carbons (Fsp3) is 0.700. The predicted octanol–water partition coefficient (Wildman–Crippen LogP) is 0.707. The molecule has 17 heavy (non-hydrogen) atoms. The van der Waals surface area contributed by atoms with Crippen LogP contribution < -0.4 is 10.1 Å². The Morgan fingerprint density at radius 2 is 2.59 bits per heavy atom. The summed E-state index contributed by atoms with van der Waals surface area (Å²) in [6, 6.07) is 0. The number of piperidine rings is 1. The van der Waals surface area contributed by atoms with Gasteiger partial charge in [0.1, 0.15) is 0 Å². The van der Waals surface area contributed by atoms with Gasteiger partial charge in [0.2, 0.25) is 6.33 Å². The van der Waals surface area contributed by atoms with Gasteiger partial charge in [-0.2, -0.15) is 0 Å². The lowest BCUT2D eigenvalue weighted by Crippen LogP contribution is -2.33. The molecule has 0 saturated carbocycles. The summed E-state index contributed by atoms with van der Waals surface area (Å²) in [6.45, 7) is 2.45. The Labute approximate surface area is 98.9 Å². The number of rotatable bonds is 4. The number of imidazole rings is 1. The molecule has 7 heteroatoms. The molecular formula is C10H16N4O3. The molecule has 0 spiro atoms. The molecule has 1 atom stereocenters. The average molecular weight is 240 g/mol. The van der Waals surface area contributed by atoms with Crippen LogP contribution in [-0.2, 0) is 7.05 Å². The smallest absolute Gasteiger partial charge is 0.426 e. The zero-order chi connectivity index (χ0) is 12.3. The van der Waals surface area contributed by atoms with Gasteiger partial charge in [-0.25, -0.2) is 0 Å². The van der Waals surface area contributed by atoms with Crippen LogP contribution in [0.1, 0.15) is 12.8 Å². The Hall–Kier alpha value is -1.63. The van der Waals surface area contributed by atoms with Gasteiger partial charge in [0.25, 0.3) is 5.88 Å². The van der Waals surface area contributed by atoms with Gasteiger partial charge in [0.15, 0.2) is 0 Å². The molecular weight excluding hydrogens is 224 g/mol. The minimum Gasteiger partial charge on any atom is -0.472 e. The van der Waals surface area contributed by atoms with E-state index in [1.807, 2.05) is 0 Å². The number of aryl methyl sites for hydroxylation is 1. The van der Waals surface area contributed by atoms with Crippen LogP contribution in [0, 0.1) is 16.0 Å². The van der Waals surface area contributed by atoms with Crippen LogP contribution in [0.3, 0.4) is 0 Å². The van der Waals surface area contributed by atoms with Crippen LogP contribution in [0.4, 0.5) is 5.82 Å². The third kappa shape index (κ3) is 2.73. The highest BCUT2D eigenvalue weighted by Crippen LogP contribution is 2.24. The zero-order valence-electron chi connectivity index (χ0n) is 9.76. The number of hydrogen-bond acceptors (Lipinski definition) is 5. The van der Waals surface area contributed by atoms with E-state index in [0.717, 1.165) is 25.9 Å². The maximum absolute atomic E-state index is 10.7. The highest BCUT2D eigenvalue weighted by molar-refractivity contribution is 5.33. The summed E-state index contributed by atoms with van der Waals surface area (Å²) < 4.78 is 7.06. The maximum atomic E-state index is 10.7. The topological polar surface area (TPSA) is 82.2 Å². The summed E-state index contributed by atoms with van der Waals surface area (Å²) in [6.07, 6.45) is 3.62. The molecule has 1 saturated heterocycles. The van der Waals surface area contributed by atoms with Gasteiger partial charge >= 0.3 is 5.82 Å². The molecule has 1 aliphatic rings. The predicted molar refractivity (Wildman–Crippen MR) is 61.0 cm³/mol. The third-order valence-corrected chi connectivity index (χ3v) is 2.89. The monoisotopic (exact) mass is 240 g/mol. The van der Waals surface area contributed by atoms with E-state index in [4.69, 9.17) is 4.74 Å². The fourth-order valence-corrected chi connectivity index (χ4v) is 1.96. The average Bonchev–Trinajstić information content (AvgIpc) is 2.69. The first-order chi connectivity index (χ1) is 8.18. The van der Waals surface area contributed by atoms with Crippen LogP contribution in [0.5, 0.6) is 5.88 Å². The largest absolute Gasteiger partial charge is 0.472 e. The van der Waals surface area contributed by atoms with Gasteiger partial charge in [-0.15, -0.1) is 0 Å². The molecule has 0 aromatic carbocycles. The number of nitrogens with zero attached hydrogens (tertiary/aromatic N) is 3. The number of nitrogens with one attached hydrogen (secondary N) is 1. The van der Waals surface area contributed by atoms with E-state index >= 15 is 0 Å². The van der Waals surface area contributed by atoms with E-state index in [-0.39, 0.29) is 11.7 Å². The van der Waals surface area contributed by atoms with Crippen LogP contribution in [-0.4, -0.2) is 34.2 Å². The first-order valence-electron chi connectivity index (χ1n) is 5.67. The molecule has 1 N–H and O–H groups in total. The van der Waals surface area contributed by atoms with Crippen molar-refractivity contribution < 1.29 is 9.66 Å². The fourth-order valence-electron chi connectivity index (χ4n) is 1.96. The maximum Gasteiger partial charge on any atom is 0.426 e. The molecule has 1 aromatic heterocycles. The molecule has 0 amide bonds. The van der Waals surface area contributed by atoms with E-state index in [2.05, 4.69) is 10.3 Å². The van der Waals surface area contributed by atoms with Crippen LogP contribution >= 0.6 is 0 Å². The Morgan fingerprint density at radius 1 is 1.76 bits per heavy atom. The second-order valence-corrected chi connectivity index (χ2v) is 4.26. The quantitative estimate of drug-likeness (QED) is 0.619.